The van der Waals surface area contributed by atoms with Gasteiger partial charge >= 0.3 is 0 Å². The molecule has 4 amide bonds. The quantitative estimate of drug-likeness (QED) is 0.0705. The number of amides is 4. The first-order valence-electron chi connectivity index (χ1n) is 12.1. The molecule has 0 radical (unpaired) electrons. The molecule has 0 saturated heterocycles. The highest BCUT2D eigenvalue weighted by Gasteiger charge is 2.25. The van der Waals surface area contributed by atoms with Crippen LogP contribution >= 0.6 is 43.2 Å². The van der Waals surface area contributed by atoms with E-state index >= 15 is 0 Å². The van der Waals surface area contributed by atoms with Crippen LogP contribution in [0.5, 0.6) is 0 Å². The van der Waals surface area contributed by atoms with Gasteiger partial charge in [0.05, 0.1) is 12.6 Å². The van der Waals surface area contributed by atoms with Gasteiger partial charge in [0.1, 0.15) is 6.04 Å². The zero-order chi connectivity index (χ0) is 28.5. The highest BCUT2D eigenvalue weighted by atomic mass is 33.1. The first-order chi connectivity index (χ1) is 17.2. The van der Waals surface area contributed by atoms with Crippen LogP contribution in [0.4, 0.5) is 0 Å². The van der Waals surface area contributed by atoms with Crippen molar-refractivity contribution in [2.24, 2.45) is 22.9 Å². The maximum absolute atomic E-state index is 12.6. The minimum atomic E-state index is -0.869. The van der Waals surface area contributed by atoms with Gasteiger partial charge in [-0.15, -0.1) is 0 Å². The highest BCUT2D eigenvalue weighted by Crippen LogP contribution is 2.35. The van der Waals surface area contributed by atoms with Crippen LogP contribution < -0.4 is 38.9 Å². The van der Waals surface area contributed by atoms with Crippen molar-refractivity contribution in [1.29, 1.82) is 0 Å². The molecule has 0 bridgehead atoms. The van der Waals surface area contributed by atoms with E-state index in [1.165, 1.54) is 10.8 Å². The monoisotopic (exact) mass is 599 g/mol. The Labute approximate surface area is 236 Å². The highest BCUT2D eigenvalue weighted by molar-refractivity contribution is 8.77. The van der Waals surface area contributed by atoms with Crippen LogP contribution in [0.25, 0.3) is 0 Å². The van der Waals surface area contributed by atoms with Crippen LogP contribution in [-0.2, 0) is 19.2 Å². The van der Waals surface area contributed by atoms with E-state index in [9.17, 15) is 19.2 Å². The standard InChI is InChI=1S/C22H45N7O4S4/c1-21(2,13-23)36-34-10-8-18(31)27-9-6-5-7-16(20(33)28-11-17(26)30)29-19(32)15(25)12-35-37-22(3,4)14-24/h15-16H,5-14,23-25H2,1-4H3,(H2,26,30)(H,27,31)(H,28,33)(H,29,32). The summed E-state index contributed by atoms with van der Waals surface area (Å²) in [7, 11) is 6.29. The molecule has 0 aromatic rings. The first kappa shape index (κ1) is 36.2. The van der Waals surface area contributed by atoms with Crippen molar-refractivity contribution in [2.75, 3.05) is 37.7 Å². The lowest BCUT2D eigenvalue weighted by molar-refractivity contribution is -0.130. The van der Waals surface area contributed by atoms with Crippen LogP contribution in [-0.4, -0.2) is 82.9 Å². The third-order valence-corrected chi connectivity index (χ3v) is 11.5. The molecule has 0 aliphatic carbocycles. The number of carbonyl (C=O) groups excluding carboxylic acids is 4. The zero-order valence-electron chi connectivity index (χ0n) is 22.3. The fourth-order valence-corrected chi connectivity index (χ4v) is 7.34. The van der Waals surface area contributed by atoms with E-state index in [0.29, 0.717) is 56.8 Å². The van der Waals surface area contributed by atoms with Gasteiger partial charge in [-0.2, -0.15) is 0 Å². The van der Waals surface area contributed by atoms with Crippen molar-refractivity contribution in [3.05, 3.63) is 0 Å². The Morgan fingerprint density at radius 2 is 1.46 bits per heavy atom. The predicted molar refractivity (Wildman–Crippen MR) is 160 cm³/mol. The van der Waals surface area contributed by atoms with E-state index in [-0.39, 0.29) is 21.9 Å². The van der Waals surface area contributed by atoms with Crippen LogP contribution in [0.3, 0.4) is 0 Å². The third kappa shape index (κ3) is 19.0. The molecule has 0 aromatic carbocycles. The summed E-state index contributed by atoms with van der Waals surface area (Å²) in [4.78, 5) is 48.2. The Kier molecular flexibility index (Phi) is 18.8. The zero-order valence-corrected chi connectivity index (χ0v) is 25.6. The van der Waals surface area contributed by atoms with Crippen LogP contribution in [0.2, 0.25) is 0 Å². The van der Waals surface area contributed by atoms with Crippen LogP contribution in [0.15, 0.2) is 0 Å². The second kappa shape index (κ2) is 19.3. The Hall–Kier alpha value is -0.840. The maximum Gasteiger partial charge on any atom is 0.243 e. The van der Waals surface area contributed by atoms with Gasteiger partial charge in [-0.1, -0.05) is 43.2 Å². The van der Waals surface area contributed by atoms with Gasteiger partial charge in [0.2, 0.25) is 23.6 Å². The summed E-state index contributed by atoms with van der Waals surface area (Å²) in [5.74, 6) is -0.653. The maximum atomic E-state index is 12.6. The van der Waals surface area contributed by atoms with Gasteiger partial charge in [-0.3, -0.25) is 19.2 Å². The van der Waals surface area contributed by atoms with Gasteiger partial charge in [0, 0.05) is 47.1 Å². The van der Waals surface area contributed by atoms with Crippen molar-refractivity contribution in [2.45, 2.75) is 75.0 Å². The molecule has 0 aliphatic heterocycles. The molecule has 0 saturated carbocycles. The molecule has 15 heteroatoms. The molecule has 0 aromatic heterocycles. The molecule has 0 heterocycles. The molecule has 0 rings (SSSR count). The lowest BCUT2D eigenvalue weighted by Crippen LogP contribution is -2.53. The normalized spacial score (nSPS) is 13.5. The predicted octanol–water partition coefficient (Wildman–Crippen LogP) is 0.314. The smallest absolute Gasteiger partial charge is 0.243 e. The summed E-state index contributed by atoms with van der Waals surface area (Å²) in [6.45, 7) is 9.30. The number of nitrogens with one attached hydrogen (secondary N) is 3. The van der Waals surface area contributed by atoms with E-state index in [1.807, 2.05) is 13.8 Å². The topological polar surface area (TPSA) is 208 Å². The van der Waals surface area contributed by atoms with E-state index in [1.54, 1.807) is 32.4 Å². The molecule has 37 heavy (non-hydrogen) atoms. The molecule has 11 nitrogen and oxygen atoms in total. The molecule has 11 N–H and O–H groups in total. The number of nitrogens with two attached hydrogens (primary N) is 4. The second-order valence-corrected chi connectivity index (χ2v) is 15.8. The largest absolute Gasteiger partial charge is 0.368 e. The molecule has 0 spiro atoms. The Bertz CT molecular complexity index is 729. The van der Waals surface area contributed by atoms with Gasteiger partial charge in [0.15, 0.2) is 0 Å². The van der Waals surface area contributed by atoms with Gasteiger partial charge < -0.3 is 38.9 Å². The summed E-state index contributed by atoms with van der Waals surface area (Å²) in [5.41, 5.74) is 22.5. The number of carbonyl (C=O) groups is 4. The van der Waals surface area contributed by atoms with E-state index in [2.05, 4.69) is 29.8 Å². The van der Waals surface area contributed by atoms with Crippen molar-refractivity contribution < 1.29 is 19.2 Å². The van der Waals surface area contributed by atoms with Crippen molar-refractivity contribution >= 4 is 66.8 Å². The van der Waals surface area contributed by atoms with Crippen molar-refractivity contribution in [3.63, 3.8) is 0 Å². The number of hydrogen-bond acceptors (Lipinski definition) is 11. The van der Waals surface area contributed by atoms with Crippen LogP contribution in [0.1, 0.15) is 53.4 Å². The molecule has 0 aliphatic rings. The summed E-state index contributed by atoms with van der Waals surface area (Å²) >= 11 is 0. The fourth-order valence-electron chi connectivity index (χ4n) is 2.38. The summed E-state index contributed by atoms with van der Waals surface area (Å²) in [6.07, 6.45) is 1.91. The van der Waals surface area contributed by atoms with E-state index in [4.69, 9.17) is 22.9 Å². The van der Waals surface area contributed by atoms with E-state index in [0.717, 1.165) is 0 Å². The van der Waals surface area contributed by atoms with Crippen molar-refractivity contribution in [3.8, 4) is 0 Å². The molecular weight excluding hydrogens is 555 g/mol. The Balaban J connectivity index is 4.53. The first-order valence-corrected chi connectivity index (χ1v) is 16.8. The number of unbranched alkanes of at least 4 members (excludes halogenated alkanes) is 1. The SMILES string of the molecule is CC(C)(CN)SSCCC(=O)NCCCCC(NC(=O)C(N)CSSC(C)(C)CN)C(=O)NCC(N)=O. The lowest BCUT2D eigenvalue weighted by Gasteiger charge is -2.23. The van der Waals surface area contributed by atoms with Gasteiger partial charge in [-0.25, -0.2) is 0 Å². The lowest BCUT2D eigenvalue weighted by atomic mass is 10.1. The molecule has 216 valence electrons. The average Bonchev–Trinajstić information content (AvgIpc) is 2.83. The fraction of sp³-hybridized carbons (Fsp3) is 0.818. The van der Waals surface area contributed by atoms with Gasteiger partial charge in [0.25, 0.3) is 0 Å². The Morgan fingerprint density at radius 3 is 2.03 bits per heavy atom. The number of primary amides is 1. The van der Waals surface area contributed by atoms with Gasteiger partial charge in [-0.05, 0) is 47.0 Å². The summed E-state index contributed by atoms with van der Waals surface area (Å²) in [5, 5.41) is 7.97. The minimum absolute atomic E-state index is 0.0278. The number of rotatable bonds is 21. The third-order valence-electron chi connectivity index (χ3n) is 4.86. The second-order valence-electron chi connectivity index (χ2n) is 9.65. The summed E-state index contributed by atoms with van der Waals surface area (Å²) in [6, 6.07) is -1.69. The molecule has 2 unspecified atom stereocenters. The molecule has 2 atom stereocenters. The minimum Gasteiger partial charge on any atom is -0.368 e. The van der Waals surface area contributed by atoms with E-state index < -0.39 is 29.8 Å². The van der Waals surface area contributed by atoms with Crippen molar-refractivity contribution in [1.82, 2.24) is 16.0 Å². The number of hydrogen-bond donors (Lipinski definition) is 7. The molecular formula is C22H45N7O4S4. The summed E-state index contributed by atoms with van der Waals surface area (Å²) < 4.78 is -0.174. The average molecular weight is 600 g/mol. The van der Waals surface area contributed by atoms with Crippen LogP contribution in [0, 0.1) is 0 Å². The molecule has 0 fully saturated rings. The Morgan fingerprint density at radius 1 is 0.865 bits per heavy atom.